The van der Waals surface area contributed by atoms with E-state index in [1.165, 1.54) is 5.39 Å². The van der Waals surface area contributed by atoms with Crippen molar-refractivity contribution in [2.75, 3.05) is 4.90 Å². The Kier molecular flexibility index (Phi) is 6.56. The van der Waals surface area contributed by atoms with E-state index >= 15 is 0 Å². The maximum Gasteiger partial charge on any atom is 0.0645 e. The second-order valence-electron chi connectivity index (χ2n) is 13.5. The van der Waals surface area contributed by atoms with Gasteiger partial charge >= 0.3 is 0 Å². The van der Waals surface area contributed by atoms with Gasteiger partial charge in [-0.25, -0.2) is 0 Å². The summed E-state index contributed by atoms with van der Waals surface area (Å²) in [6.07, 6.45) is 0. The molecule has 0 aromatic heterocycles. The van der Waals surface area contributed by atoms with Gasteiger partial charge in [0.15, 0.2) is 0 Å². The first kappa shape index (κ1) is 26.8. The van der Waals surface area contributed by atoms with E-state index in [1.807, 2.05) is 83.8 Å². The Bertz CT molecular complexity index is 3150. The number of hydrogen-bond acceptors (Lipinski definition) is 1. The summed E-state index contributed by atoms with van der Waals surface area (Å²) in [6, 6.07) is 63.5. The van der Waals surface area contributed by atoms with Crippen LogP contribution in [-0.4, -0.2) is 0 Å². The van der Waals surface area contributed by atoms with Crippen LogP contribution in [0.1, 0.15) is 5.48 Å². The van der Waals surface area contributed by atoms with Crippen molar-refractivity contribution in [3.05, 3.63) is 212 Å². The molecule has 0 atom stereocenters. The average molecular weight is 678 g/mol. The van der Waals surface area contributed by atoms with E-state index in [0.717, 1.165) is 71.3 Å². The predicted octanol–water partition coefficient (Wildman–Crippen LogP) is 14.8. The molecular weight excluding hydrogens is 639 g/mol. The molecule has 0 aliphatic heterocycles. The molecule has 0 amide bonds. The molecule has 0 spiro atoms. The number of nitrogens with zero attached hydrogens (tertiary/aromatic N) is 1. The van der Waals surface area contributed by atoms with E-state index in [0.29, 0.717) is 5.56 Å². The summed E-state index contributed by atoms with van der Waals surface area (Å²) in [4.78, 5) is 1.87. The maximum absolute atomic E-state index is 9.57. The van der Waals surface area contributed by atoms with Gasteiger partial charge < -0.3 is 4.90 Å². The van der Waals surface area contributed by atoms with Crippen molar-refractivity contribution in [3.63, 3.8) is 0 Å². The molecule has 0 heterocycles. The lowest BCUT2D eigenvalue weighted by molar-refractivity contribution is 1.28. The van der Waals surface area contributed by atoms with Gasteiger partial charge in [0.25, 0.3) is 0 Å². The highest BCUT2D eigenvalue weighted by Crippen LogP contribution is 2.40. The highest BCUT2D eigenvalue weighted by atomic mass is 15.1. The number of rotatable bonds is 6. The number of hydrogen-bond donors (Lipinski definition) is 0. The minimum absolute atomic E-state index is 0.0888. The van der Waals surface area contributed by atoms with E-state index in [-0.39, 0.29) is 35.4 Å². The third-order valence-electron chi connectivity index (χ3n) is 10.3. The number of benzene rings is 10. The fourth-order valence-electron chi connectivity index (χ4n) is 7.60. The van der Waals surface area contributed by atoms with Gasteiger partial charge in [-0.2, -0.15) is 0 Å². The van der Waals surface area contributed by atoms with Crippen molar-refractivity contribution < 1.29 is 5.48 Å². The largest absolute Gasteiger partial charge is 0.310 e. The van der Waals surface area contributed by atoms with Crippen LogP contribution >= 0.6 is 0 Å². The highest BCUT2D eigenvalue weighted by Gasteiger charge is 2.15. The molecule has 10 aromatic carbocycles. The van der Waals surface area contributed by atoms with Crippen LogP contribution in [0.15, 0.2) is 212 Å². The monoisotopic (exact) mass is 677 g/mol. The van der Waals surface area contributed by atoms with Crippen LogP contribution in [0.5, 0.6) is 0 Å². The molecule has 0 unspecified atom stereocenters. The SMILES string of the molecule is [2H]c1c([2H])c(N(c2ccc(-c3ccc4ccccc4c3)cc2)c2cccc(-c3cccc4ccccc34)c2)c([2H])c([2H])c1-c1ccc2c(ccc3ccccc32)c1. The maximum atomic E-state index is 9.57. The Morgan fingerprint density at radius 2 is 0.849 bits per heavy atom. The van der Waals surface area contributed by atoms with E-state index in [1.54, 1.807) is 0 Å². The topological polar surface area (TPSA) is 3.24 Å². The molecule has 0 N–H and O–H groups in total. The Morgan fingerprint density at radius 1 is 0.283 bits per heavy atom. The van der Waals surface area contributed by atoms with Gasteiger partial charge in [0.05, 0.1) is 5.48 Å². The second-order valence-corrected chi connectivity index (χ2v) is 13.5. The normalized spacial score (nSPS) is 12.5. The predicted molar refractivity (Wildman–Crippen MR) is 227 cm³/mol. The first-order valence-corrected chi connectivity index (χ1v) is 17.9. The lowest BCUT2D eigenvalue weighted by atomic mass is 9.97. The molecule has 0 bridgehead atoms. The summed E-state index contributed by atoms with van der Waals surface area (Å²) in [7, 11) is 0. The van der Waals surface area contributed by atoms with Gasteiger partial charge in [-0.05, 0) is 125 Å². The summed E-state index contributed by atoms with van der Waals surface area (Å²) in [6.45, 7) is 0. The van der Waals surface area contributed by atoms with Crippen molar-refractivity contribution in [2.45, 2.75) is 0 Å². The van der Waals surface area contributed by atoms with E-state index in [4.69, 9.17) is 0 Å². The number of fused-ring (bicyclic) bond motifs is 5. The summed E-state index contributed by atoms with van der Waals surface area (Å²) in [5, 5.41) is 8.93. The molecular formula is C52H35N. The lowest BCUT2D eigenvalue weighted by Crippen LogP contribution is -2.10. The molecule has 10 aromatic rings. The summed E-state index contributed by atoms with van der Waals surface area (Å²) in [5.41, 5.74) is 6.73. The third-order valence-corrected chi connectivity index (χ3v) is 10.3. The zero-order valence-corrected chi connectivity index (χ0v) is 28.8. The first-order chi connectivity index (χ1) is 27.9. The van der Waals surface area contributed by atoms with E-state index < -0.39 is 0 Å². The van der Waals surface area contributed by atoms with Gasteiger partial charge in [-0.3, -0.25) is 0 Å². The van der Waals surface area contributed by atoms with Crippen molar-refractivity contribution >= 4 is 60.2 Å². The molecule has 0 radical (unpaired) electrons. The van der Waals surface area contributed by atoms with Crippen LogP contribution in [0.3, 0.4) is 0 Å². The van der Waals surface area contributed by atoms with Crippen molar-refractivity contribution in [1.29, 1.82) is 0 Å². The quantitative estimate of drug-likeness (QED) is 0.158. The van der Waals surface area contributed by atoms with Crippen LogP contribution in [-0.2, 0) is 0 Å². The summed E-state index contributed by atoms with van der Waals surface area (Å²) in [5.74, 6) is 0. The lowest BCUT2D eigenvalue weighted by Gasteiger charge is -2.26. The molecule has 248 valence electrons. The second kappa shape index (κ2) is 13.0. The Morgan fingerprint density at radius 3 is 1.68 bits per heavy atom. The molecule has 0 aliphatic rings. The van der Waals surface area contributed by atoms with Crippen LogP contribution < -0.4 is 4.90 Å². The molecule has 0 saturated heterocycles. The smallest absolute Gasteiger partial charge is 0.0645 e. The Labute approximate surface area is 315 Å². The minimum Gasteiger partial charge on any atom is -0.310 e. The van der Waals surface area contributed by atoms with Crippen molar-refractivity contribution in [2.24, 2.45) is 0 Å². The summed E-state index contributed by atoms with van der Waals surface area (Å²) >= 11 is 0. The number of anilines is 3. The molecule has 1 heteroatoms. The Balaban J connectivity index is 1.14. The van der Waals surface area contributed by atoms with Gasteiger partial charge in [-0.15, -0.1) is 0 Å². The fraction of sp³-hybridized carbons (Fsp3) is 0. The minimum atomic E-state index is -0.112. The van der Waals surface area contributed by atoms with Crippen LogP contribution in [0.4, 0.5) is 17.1 Å². The molecule has 53 heavy (non-hydrogen) atoms. The van der Waals surface area contributed by atoms with Crippen LogP contribution in [0.2, 0.25) is 0 Å². The molecule has 10 rings (SSSR count). The highest BCUT2D eigenvalue weighted by molar-refractivity contribution is 6.08. The molecule has 0 aliphatic carbocycles. The zero-order valence-electron chi connectivity index (χ0n) is 32.8. The molecule has 1 nitrogen and oxygen atoms in total. The molecule has 0 saturated carbocycles. The van der Waals surface area contributed by atoms with Crippen molar-refractivity contribution in [1.82, 2.24) is 0 Å². The molecule has 0 fully saturated rings. The van der Waals surface area contributed by atoms with Crippen molar-refractivity contribution in [3.8, 4) is 33.4 Å². The summed E-state index contributed by atoms with van der Waals surface area (Å²) < 4.78 is 38.0. The zero-order chi connectivity index (χ0) is 38.6. The standard InChI is InChI=1S/C52H35N/c1-2-12-41-33-42(21-19-36(41)9-1)37-23-28-46(29-24-37)53(48-15-7-14-44(35-48)51-18-8-13-39-10-3-5-16-49(39)51)47-30-25-38(26-31-47)43-27-32-52-45(34-43)22-20-40-11-4-6-17-50(40)52/h1-35H/i25D,26D,30D,31D. The van der Waals surface area contributed by atoms with Crippen LogP contribution in [0.25, 0.3) is 76.5 Å². The van der Waals surface area contributed by atoms with Crippen LogP contribution in [0, 0.1) is 0 Å². The average Bonchev–Trinajstić information content (AvgIpc) is 3.27. The van der Waals surface area contributed by atoms with E-state index in [9.17, 15) is 5.48 Å². The van der Waals surface area contributed by atoms with Gasteiger partial charge in [0.2, 0.25) is 0 Å². The van der Waals surface area contributed by atoms with Gasteiger partial charge in [0.1, 0.15) is 0 Å². The van der Waals surface area contributed by atoms with Gasteiger partial charge in [0, 0.05) is 17.1 Å². The van der Waals surface area contributed by atoms with Gasteiger partial charge in [-0.1, -0.05) is 164 Å². The third kappa shape index (κ3) is 5.69. The van der Waals surface area contributed by atoms with E-state index in [2.05, 4.69) is 109 Å². The fourth-order valence-corrected chi connectivity index (χ4v) is 7.60. The first-order valence-electron chi connectivity index (χ1n) is 19.9. The Hall–Kier alpha value is -6.96.